The van der Waals surface area contributed by atoms with Gasteiger partial charge in [0.25, 0.3) is 0 Å². The molecule has 2 N–H and O–H groups in total. The van der Waals surface area contributed by atoms with Crippen molar-refractivity contribution in [2.75, 3.05) is 7.11 Å². The number of aromatic nitrogens is 2. The van der Waals surface area contributed by atoms with Gasteiger partial charge in [-0.05, 0) is 36.4 Å². The minimum atomic E-state index is -0.0570. The van der Waals surface area contributed by atoms with E-state index in [1.165, 1.54) is 6.07 Å². The van der Waals surface area contributed by atoms with Gasteiger partial charge in [0.15, 0.2) is 5.43 Å². The van der Waals surface area contributed by atoms with Crippen LogP contribution in [0.3, 0.4) is 0 Å². The molecule has 114 valence electrons. The van der Waals surface area contributed by atoms with E-state index in [1.54, 1.807) is 30.0 Å². The van der Waals surface area contributed by atoms with E-state index in [4.69, 9.17) is 4.74 Å². The first kappa shape index (κ1) is 13.5. The molecule has 0 aliphatic heterocycles. The Morgan fingerprint density at radius 2 is 1.96 bits per heavy atom. The molecule has 23 heavy (non-hydrogen) atoms. The number of fused-ring (bicyclic) bond motifs is 2. The Morgan fingerprint density at radius 3 is 2.78 bits per heavy atom. The number of ether oxygens (including phenoxy) is 1. The summed E-state index contributed by atoms with van der Waals surface area (Å²) >= 11 is 0. The summed E-state index contributed by atoms with van der Waals surface area (Å²) in [5.74, 6) is 0.797. The zero-order valence-corrected chi connectivity index (χ0v) is 12.4. The Hall–Kier alpha value is -3.21. The highest BCUT2D eigenvalue weighted by Gasteiger charge is 2.11. The van der Waals surface area contributed by atoms with Gasteiger partial charge in [-0.2, -0.15) is 0 Å². The fourth-order valence-electron chi connectivity index (χ4n) is 2.80. The third kappa shape index (κ3) is 2.05. The number of aromatic hydroxyl groups is 1. The van der Waals surface area contributed by atoms with E-state index >= 15 is 0 Å². The lowest BCUT2D eigenvalue weighted by Crippen LogP contribution is -2.01. The van der Waals surface area contributed by atoms with Gasteiger partial charge in [-0.1, -0.05) is 0 Å². The lowest BCUT2D eigenvalue weighted by atomic mass is 10.2. The number of aromatic amines is 1. The van der Waals surface area contributed by atoms with E-state index in [0.717, 1.165) is 16.6 Å². The fourth-order valence-corrected chi connectivity index (χ4v) is 2.80. The smallest absolute Gasteiger partial charge is 0.203 e. The number of methoxy groups -OCH3 is 1. The maximum Gasteiger partial charge on any atom is 0.203 e. The molecule has 0 fully saturated rings. The Kier molecular flexibility index (Phi) is 2.87. The van der Waals surface area contributed by atoms with Crippen molar-refractivity contribution in [3.8, 4) is 17.3 Å². The van der Waals surface area contributed by atoms with Crippen molar-refractivity contribution >= 4 is 21.7 Å². The molecule has 0 spiro atoms. The highest BCUT2D eigenvalue weighted by atomic mass is 16.5. The van der Waals surface area contributed by atoms with Crippen LogP contribution in [0.5, 0.6) is 11.6 Å². The predicted octanol–water partition coefficient (Wildman–Crippen LogP) is 3.19. The Morgan fingerprint density at radius 1 is 1.09 bits per heavy atom. The summed E-state index contributed by atoms with van der Waals surface area (Å²) in [7, 11) is 1.59. The van der Waals surface area contributed by atoms with Gasteiger partial charge in [-0.25, -0.2) is 0 Å². The number of nitrogens with zero attached hydrogens (tertiary/aromatic N) is 1. The molecule has 0 bridgehead atoms. The summed E-state index contributed by atoms with van der Waals surface area (Å²) in [4.78, 5) is 15.0. The molecule has 2 aromatic carbocycles. The minimum absolute atomic E-state index is 0.0570. The van der Waals surface area contributed by atoms with Crippen LogP contribution in [-0.2, 0) is 0 Å². The van der Waals surface area contributed by atoms with Gasteiger partial charge in [0.2, 0.25) is 5.88 Å². The Bertz CT molecular complexity index is 1090. The van der Waals surface area contributed by atoms with E-state index in [9.17, 15) is 9.90 Å². The van der Waals surface area contributed by atoms with Gasteiger partial charge in [-0.3, -0.25) is 9.36 Å². The van der Waals surface area contributed by atoms with Crippen molar-refractivity contribution in [3.05, 3.63) is 65.1 Å². The van der Waals surface area contributed by atoms with Crippen LogP contribution in [-0.4, -0.2) is 21.8 Å². The number of hydrogen-bond acceptors (Lipinski definition) is 3. The molecule has 0 radical (unpaired) electrons. The van der Waals surface area contributed by atoms with Crippen LogP contribution in [0.4, 0.5) is 0 Å². The first-order valence-electron chi connectivity index (χ1n) is 7.17. The minimum Gasteiger partial charge on any atom is -0.497 e. The highest BCUT2D eigenvalue weighted by Crippen LogP contribution is 2.33. The number of hydrogen-bond donors (Lipinski definition) is 2. The molecule has 0 aliphatic carbocycles. The second-order valence-electron chi connectivity index (χ2n) is 5.35. The average molecular weight is 306 g/mol. The van der Waals surface area contributed by atoms with Gasteiger partial charge in [0, 0.05) is 45.8 Å². The Balaban J connectivity index is 1.97. The summed E-state index contributed by atoms with van der Waals surface area (Å²) in [5, 5.41) is 12.7. The van der Waals surface area contributed by atoms with E-state index in [0.29, 0.717) is 16.5 Å². The quantitative estimate of drug-likeness (QED) is 0.597. The van der Waals surface area contributed by atoms with Crippen LogP contribution in [0.15, 0.2) is 59.7 Å². The maximum atomic E-state index is 12.0. The number of nitrogens with one attached hydrogen (secondary N) is 1. The molecule has 0 unspecified atom stereocenters. The van der Waals surface area contributed by atoms with Gasteiger partial charge in [0.05, 0.1) is 7.11 Å². The molecular weight excluding hydrogens is 292 g/mol. The predicted molar refractivity (Wildman–Crippen MR) is 89.6 cm³/mol. The molecule has 4 rings (SSSR count). The van der Waals surface area contributed by atoms with Crippen LogP contribution >= 0.6 is 0 Å². The molecule has 4 aromatic rings. The second-order valence-corrected chi connectivity index (χ2v) is 5.35. The van der Waals surface area contributed by atoms with E-state index in [-0.39, 0.29) is 11.3 Å². The summed E-state index contributed by atoms with van der Waals surface area (Å²) in [6.45, 7) is 0. The number of rotatable bonds is 2. The standard InChI is InChI=1S/C18H14N2O3/c1-23-13-4-2-11-10-20(18(22)14(11)9-13)12-3-5-16-15(8-12)17(21)6-7-19-16/h2-10,22H,1H3,(H,19,21). The lowest BCUT2D eigenvalue weighted by Gasteiger charge is -2.06. The average Bonchev–Trinajstić information content (AvgIpc) is 2.91. The largest absolute Gasteiger partial charge is 0.497 e. The summed E-state index contributed by atoms with van der Waals surface area (Å²) in [6, 6.07) is 12.5. The zero-order chi connectivity index (χ0) is 16.0. The van der Waals surface area contributed by atoms with Crippen molar-refractivity contribution in [1.82, 2.24) is 9.55 Å². The highest BCUT2D eigenvalue weighted by molar-refractivity contribution is 5.90. The zero-order valence-electron chi connectivity index (χ0n) is 12.4. The SMILES string of the molecule is COc1ccc2cn(-c3ccc4[nH]ccc(=O)c4c3)c(O)c2c1. The molecule has 2 heterocycles. The van der Waals surface area contributed by atoms with Crippen molar-refractivity contribution in [3.63, 3.8) is 0 Å². The monoisotopic (exact) mass is 306 g/mol. The van der Waals surface area contributed by atoms with Crippen molar-refractivity contribution < 1.29 is 9.84 Å². The van der Waals surface area contributed by atoms with Crippen LogP contribution < -0.4 is 10.2 Å². The fraction of sp³-hybridized carbons (Fsp3) is 0.0556. The van der Waals surface area contributed by atoms with Gasteiger partial charge >= 0.3 is 0 Å². The van der Waals surface area contributed by atoms with E-state index in [1.807, 2.05) is 30.5 Å². The number of H-pyrrole nitrogens is 1. The maximum absolute atomic E-state index is 12.0. The van der Waals surface area contributed by atoms with Crippen LogP contribution in [0.2, 0.25) is 0 Å². The normalized spacial score (nSPS) is 11.2. The van der Waals surface area contributed by atoms with Crippen molar-refractivity contribution in [2.45, 2.75) is 0 Å². The third-order valence-corrected chi connectivity index (χ3v) is 4.02. The first-order valence-corrected chi connectivity index (χ1v) is 7.17. The first-order chi connectivity index (χ1) is 11.2. The molecular formula is C18H14N2O3. The molecule has 0 saturated carbocycles. The van der Waals surface area contributed by atoms with Gasteiger partial charge in [0.1, 0.15) is 5.75 Å². The molecule has 5 nitrogen and oxygen atoms in total. The molecule has 2 aromatic heterocycles. The Labute approximate surface area is 131 Å². The molecule has 0 atom stereocenters. The van der Waals surface area contributed by atoms with Crippen LogP contribution in [0.25, 0.3) is 27.4 Å². The molecule has 0 amide bonds. The van der Waals surface area contributed by atoms with Gasteiger partial charge < -0.3 is 14.8 Å². The third-order valence-electron chi connectivity index (χ3n) is 4.02. The summed E-state index contributed by atoms with van der Waals surface area (Å²) in [6.07, 6.45) is 3.46. The van der Waals surface area contributed by atoms with Crippen molar-refractivity contribution in [1.29, 1.82) is 0 Å². The van der Waals surface area contributed by atoms with Crippen molar-refractivity contribution in [2.24, 2.45) is 0 Å². The second kappa shape index (κ2) is 4.91. The van der Waals surface area contributed by atoms with Crippen LogP contribution in [0, 0.1) is 0 Å². The number of pyridine rings is 1. The number of benzene rings is 2. The molecule has 0 saturated heterocycles. The van der Waals surface area contributed by atoms with Gasteiger partial charge in [-0.15, -0.1) is 0 Å². The summed E-state index contributed by atoms with van der Waals surface area (Å²) in [5.41, 5.74) is 1.43. The van der Waals surface area contributed by atoms with E-state index < -0.39 is 0 Å². The lowest BCUT2D eigenvalue weighted by molar-refractivity contribution is 0.414. The van der Waals surface area contributed by atoms with E-state index in [2.05, 4.69) is 4.98 Å². The molecule has 0 aliphatic rings. The van der Waals surface area contributed by atoms with Crippen LogP contribution in [0.1, 0.15) is 0 Å². The molecule has 5 heteroatoms. The topological polar surface area (TPSA) is 67.2 Å². The summed E-state index contributed by atoms with van der Waals surface area (Å²) < 4.78 is 6.86.